The Bertz CT molecular complexity index is 828. The molecule has 2 amide bonds. The van der Waals surface area contributed by atoms with Crippen LogP contribution in [0.15, 0.2) is 72.8 Å². The fourth-order valence-electron chi connectivity index (χ4n) is 2.86. The maximum Gasteiger partial charge on any atom is 0.315 e. The third-order valence-corrected chi connectivity index (χ3v) is 4.18. The molecule has 3 aromatic rings. The van der Waals surface area contributed by atoms with E-state index in [-0.39, 0.29) is 6.03 Å². The van der Waals surface area contributed by atoms with Gasteiger partial charge in [0.1, 0.15) is 0 Å². The first-order valence-electron chi connectivity index (χ1n) is 8.45. The predicted molar refractivity (Wildman–Crippen MR) is 100 cm³/mol. The van der Waals surface area contributed by atoms with Crippen molar-refractivity contribution in [1.29, 1.82) is 0 Å². The number of nitrogens with one attached hydrogen (secondary N) is 2. The molecule has 4 nitrogen and oxygen atoms in total. The largest absolute Gasteiger partial charge is 0.388 e. The zero-order valence-electron chi connectivity index (χ0n) is 14.0. The Morgan fingerprint density at radius 3 is 2.44 bits per heavy atom. The van der Waals surface area contributed by atoms with Crippen molar-refractivity contribution in [2.24, 2.45) is 0 Å². The van der Waals surface area contributed by atoms with E-state index in [1.54, 1.807) is 0 Å². The van der Waals surface area contributed by atoms with Crippen molar-refractivity contribution in [3.05, 3.63) is 83.9 Å². The van der Waals surface area contributed by atoms with Gasteiger partial charge in [-0.25, -0.2) is 4.79 Å². The summed E-state index contributed by atoms with van der Waals surface area (Å²) in [7, 11) is 0. The number of hydrogen-bond acceptors (Lipinski definition) is 2. The smallest absolute Gasteiger partial charge is 0.315 e. The van der Waals surface area contributed by atoms with Crippen molar-refractivity contribution in [3.8, 4) is 0 Å². The first-order valence-corrected chi connectivity index (χ1v) is 8.45. The third-order valence-electron chi connectivity index (χ3n) is 4.18. The van der Waals surface area contributed by atoms with E-state index in [1.807, 2.05) is 72.8 Å². The minimum Gasteiger partial charge on any atom is -0.388 e. The molecule has 128 valence electrons. The lowest BCUT2D eigenvalue weighted by Gasteiger charge is -2.14. The molecule has 0 spiro atoms. The molecule has 0 heterocycles. The number of aliphatic hydroxyl groups is 1. The van der Waals surface area contributed by atoms with E-state index in [9.17, 15) is 9.90 Å². The van der Waals surface area contributed by atoms with Crippen molar-refractivity contribution >= 4 is 16.8 Å². The highest BCUT2D eigenvalue weighted by Gasteiger charge is 2.11. The number of rotatable bonds is 6. The summed E-state index contributed by atoms with van der Waals surface area (Å²) in [5, 5.41) is 18.2. The molecule has 1 atom stereocenters. The Kier molecular flexibility index (Phi) is 5.65. The van der Waals surface area contributed by atoms with E-state index in [2.05, 4.69) is 10.6 Å². The second-order valence-corrected chi connectivity index (χ2v) is 5.97. The molecule has 0 aliphatic rings. The third kappa shape index (κ3) is 4.58. The van der Waals surface area contributed by atoms with E-state index >= 15 is 0 Å². The second kappa shape index (κ2) is 8.31. The SMILES string of the molecule is O=C(NCC[C@H](O)c1cccc2ccccc12)NCc1ccccc1. The molecule has 3 aromatic carbocycles. The van der Waals surface area contributed by atoms with Gasteiger partial charge in [0, 0.05) is 13.1 Å². The summed E-state index contributed by atoms with van der Waals surface area (Å²) in [6.45, 7) is 0.892. The lowest BCUT2D eigenvalue weighted by molar-refractivity contribution is 0.168. The summed E-state index contributed by atoms with van der Waals surface area (Å²) in [4.78, 5) is 11.8. The highest BCUT2D eigenvalue weighted by atomic mass is 16.3. The van der Waals surface area contributed by atoms with Crippen LogP contribution in [0.3, 0.4) is 0 Å². The van der Waals surface area contributed by atoms with Crippen molar-refractivity contribution in [2.45, 2.75) is 19.1 Å². The maximum atomic E-state index is 11.8. The quantitative estimate of drug-likeness (QED) is 0.643. The van der Waals surface area contributed by atoms with Crippen LogP contribution in [0.25, 0.3) is 10.8 Å². The molecule has 25 heavy (non-hydrogen) atoms. The zero-order chi connectivity index (χ0) is 17.5. The Hall–Kier alpha value is -2.85. The van der Waals surface area contributed by atoms with Gasteiger partial charge < -0.3 is 15.7 Å². The molecule has 0 aliphatic heterocycles. The number of hydrogen-bond donors (Lipinski definition) is 3. The van der Waals surface area contributed by atoms with Crippen LogP contribution in [0, 0.1) is 0 Å². The Labute approximate surface area is 147 Å². The number of carbonyl (C=O) groups is 1. The molecule has 0 saturated carbocycles. The van der Waals surface area contributed by atoms with Crippen LogP contribution >= 0.6 is 0 Å². The molecule has 0 aromatic heterocycles. The monoisotopic (exact) mass is 334 g/mol. The second-order valence-electron chi connectivity index (χ2n) is 5.97. The van der Waals surface area contributed by atoms with E-state index in [4.69, 9.17) is 0 Å². The van der Waals surface area contributed by atoms with Crippen molar-refractivity contribution in [3.63, 3.8) is 0 Å². The number of fused-ring (bicyclic) bond motifs is 1. The standard InChI is InChI=1S/C21H22N2O2/c24-20(19-12-6-10-17-9-4-5-11-18(17)19)13-14-22-21(25)23-15-16-7-2-1-3-8-16/h1-12,20,24H,13-15H2,(H2,22,23,25)/t20-/m0/s1. The zero-order valence-corrected chi connectivity index (χ0v) is 14.0. The first kappa shape index (κ1) is 17.0. The summed E-state index contributed by atoms with van der Waals surface area (Å²) in [5.74, 6) is 0. The summed E-state index contributed by atoms with van der Waals surface area (Å²) in [6.07, 6.45) is -0.146. The molecule has 4 heteroatoms. The molecule has 0 bridgehead atoms. The number of urea groups is 1. The van der Waals surface area contributed by atoms with E-state index < -0.39 is 6.10 Å². The average molecular weight is 334 g/mol. The molecule has 0 radical (unpaired) electrons. The summed E-state index contributed by atoms with van der Waals surface area (Å²) in [5.41, 5.74) is 1.94. The Balaban J connectivity index is 1.49. The highest BCUT2D eigenvalue weighted by molar-refractivity contribution is 5.86. The van der Waals surface area contributed by atoms with E-state index in [1.165, 1.54) is 0 Å². The summed E-state index contributed by atoms with van der Waals surface area (Å²) >= 11 is 0. The van der Waals surface area contributed by atoms with Gasteiger partial charge in [0.2, 0.25) is 0 Å². The van der Waals surface area contributed by atoms with E-state index in [0.29, 0.717) is 19.5 Å². The predicted octanol–water partition coefficient (Wildman–Crippen LogP) is 3.76. The van der Waals surface area contributed by atoms with Gasteiger partial charge in [0.25, 0.3) is 0 Å². The number of amides is 2. The molecule has 0 aliphatic carbocycles. The van der Waals surface area contributed by atoms with Crippen molar-refractivity contribution in [1.82, 2.24) is 10.6 Å². The Morgan fingerprint density at radius 1 is 0.880 bits per heavy atom. The minimum atomic E-state index is -0.611. The van der Waals surface area contributed by atoms with Crippen LogP contribution in [0.4, 0.5) is 4.79 Å². The fourth-order valence-corrected chi connectivity index (χ4v) is 2.86. The van der Waals surface area contributed by atoms with Crippen molar-refractivity contribution < 1.29 is 9.90 Å². The van der Waals surface area contributed by atoms with Crippen LogP contribution < -0.4 is 10.6 Å². The van der Waals surface area contributed by atoms with Gasteiger partial charge in [-0.1, -0.05) is 72.8 Å². The first-order chi connectivity index (χ1) is 12.2. The fraction of sp³-hybridized carbons (Fsp3) is 0.190. The highest BCUT2D eigenvalue weighted by Crippen LogP contribution is 2.25. The van der Waals surface area contributed by atoms with Crippen LogP contribution in [-0.2, 0) is 6.54 Å². The van der Waals surface area contributed by atoms with E-state index in [0.717, 1.165) is 21.9 Å². The van der Waals surface area contributed by atoms with Gasteiger partial charge in [-0.3, -0.25) is 0 Å². The van der Waals surface area contributed by atoms with Crippen LogP contribution in [0.5, 0.6) is 0 Å². The molecule has 0 unspecified atom stereocenters. The average Bonchev–Trinajstić information content (AvgIpc) is 2.66. The summed E-state index contributed by atoms with van der Waals surface area (Å²) < 4.78 is 0. The van der Waals surface area contributed by atoms with Gasteiger partial charge in [-0.05, 0) is 28.3 Å². The van der Waals surface area contributed by atoms with Crippen LogP contribution in [0.2, 0.25) is 0 Å². The van der Waals surface area contributed by atoms with Crippen LogP contribution in [0.1, 0.15) is 23.7 Å². The van der Waals surface area contributed by atoms with Gasteiger partial charge in [0.15, 0.2) is 0 Å². The molecular formula is C21H22N2O2. The minimum absolute atomic E-state index is 0.228. The molecule has 3 rings (SSSR count). The molecule has 0 fully saturated rings. The Morgan fingerprint density at radius 2 is 1.60 bits per heavy atom. The number of benzene rings is 3. The normalized spacial score (nSPS) is 11.9. The van der Waals surface area contributed by atoms with Gasteiger partial charge >= 0.3 is 6.03 Å². The van der Waals surface area contributed by atoms with Crippen LogP contribution in [-0.4, -0.2) is 17.7 Å². The lowest BCUT2D eigenvalue weighted by atomic mass is 9.99. The molecule has 3 N–H and O–H groups in total. The lowest BCUT2D eigenvalue weighted by Crippen LogP contribution is -2.36. The molecular weight excluding hydrogens is 312 g/mol. The summed E-state index contributed by atoms with van der Waals surface area (Å²) in [6, 6.07) is 23.4. The van der Waals surface area contributed by atoms with Gasteiger partial charge in [-0.2, -0.15) is 0 Å². The number of carbonyl (C=O) groups excluding carboxylic acids is 1. The molecule has 0 saturated heterocycles. The van der Waals surface area contributed by atoms with Gasteiger partial charge in [0.05, 0.1) is 6.10 Å². The maximum absolute atomic E-state index is 11.8. The van der Waals surface area contributed by atoms with Gasteiger partial charge in [-0.15, -0.1) is 0 Å². The number of aliphatic hydroxyl groups excluding tert-OH is 1. The van der Waals surface area contributed by atoms with Crippen molar-refractivity contribution in [2.75, 3.05) is 6.54 Å². The topological polar surface area (TPSA) is 61.4 Å².